The van der Waals surface area contributed by atoms with Gasteiger partial charge in [0.1, 0.15) is 0 Å². The van der Waals surface area contributed by atoms with Gasteiger partial charge >= 0.3 is 0 Å². The highest BCUT2D eigenvalue weighted by Crippen LogP contribution is 2.28. The third kappa shape index (κ3) is 2.21. The Balaban J connectivity index is 1.86. The minimum atomic E-state index is -0.342. The van der Waals surface area contributed by atoms with Gasteiger partial charge in [0, 0.05) is 24.5 Å². The van der Waals surface area contributed by atoms with Crippen LogP contribution in [0.25, 0.3) is 10.9 Å². The highest BCUT2D eigenvalue weighted by Gasteiger charge is 2.37. The average Bonchev–Trinajstić information content (AvgIpc) is 2.66. The lowest BCUT2D eigenvalue weighted by molar-refractivity contribution is -0.125. The molecule has 2 aromatic rings. The molecule has 4 nitrogen and oxygen atoms in total. The first kappa shape index (κ1) is 12.2. The fraction of sp³-hybridized carbons (Fsp3) is 0.214. The largest absolute Gasteiger partial charge is 0.288 e. The van der Waals surface area contributed by atoms with Crippen LogP contribution in [0.1, 0.15) is 5.69 Å². The number of aromatic nitrogens is 1. The number of carbonyl (C=O) groups excluding carboxylic acids is 2. The van der Waals surface area contributed by atoms with Gasteiger partial charge in [-0.05, 0) is 12.1 Å². The Morgan fingerprint density at radius 2 is 2.00 bits per heavy atom. The van der Waals surface area contributed by atoms with Crippen LogP contribution < -0.4 is 0 Å². The zero-order valence-corrected chi connectivity index (χ0v) is 11.2. The van der Waals surface area contributed by atoms with Crippen molar-refractivity contribution in [3.63, 3.8) is 0 Å². The zero-order chi connectivity index (χ0) is 13.4. The van der Waals surface area contributed by atoms with E-state index in [2.05, 4.69) is 4.98 Å². The van der Waals surface area contributed by atoms with Crippen LogP contribution in [0.3, 0.4) is 0 Å². The monoisotopic (exact) mass is 272 g/mol. The Labute approximate surface area is 114 Å². The van der Waals surface area contributed by atoms with Crippen molar-refractivity contribution < 1.29 is 9.59 Å². The number of rotatable bonds is 2. The number of amides is 2. The average molecular weight is 272 g/mol. The van der Waals surface area contributed by atoms with E-state index in [9.17, 15) is 9.59 Å². The smallest absolute Gasteiger partial charge is 0.275 e. The van der Waals surface area contributed by atoms with Crippen molar-refractivity contribution in [2.45, 2.75) is 11.7 Å². The normalized spacial score (nSPS) is 19.4. The Hall–Kier alpha value is -1.88. The van der Waals surface area contributed by atoms with Gasteiger partial charge in [-0.2, -0.15) is 0 Å². The van der Waals surface area contributed by atoms with Crippen molar-refractivity contribution in [1.82, 2.24) is 9.88 Å². The molecule has 0 radical (unpaired) electrons. The minimum absolute atomic E-state index is 0.134. The molecule has 0 aliphatic carbocycles. The van der Waals surface area contributed by atoms with Gasteiger partial charge in [-0.25, -0.2) is 0 Å². The molecule has 19 heavy (non-hydrogen) atoms. The maximum Gasteiger partial charge on any atom is 0.288 e. The van der Waals surface area contributed by atoms with E-state index in [0.717, 1.165) is 28.4 Å². The predicted octanol–water partition coefficient (Wildman–Crippen LogP) is 2.47. The summed E-state index contributed by atoms with van der Waals surface area (Å²) in [5.74, 6) is -0.134. The summed E-state index contributed by atoms with van der Waals surface area (Å²) in [7, 11) is 1.52. The Kier molecular flexibility index (Phi) is 2.98. The van der Waals surface area contributed by atoms with Gasteiger partial charge in [-0.3, -0.25) is 19.5 Å². The fourth-order valence-corrected chi connectivity index (χ4v) is 3.10. The number of hydrogen-bond acceptors (Lipinski definition) is 4. The molecular formula is C14H12N2O2S. The molecule has 3 rings (SSSR count). The van der Waals surface area contributed by atoms with Gasteiger partial charge in [0.15, 0.2) is 0 Å². The molecule has 0 N–H and O–H groups in total. The first-order valence-electron chi connectivity index (χ1n) is 5.98. The quantitative estimate of drug-likeness (QED) is 0.842. The SMILES string of the molecule is CN1C(=O)SC(Cc2ccc3ccccc3n2)C1=O. The molecule has 2 heterocycles. The number of hydrogen-bond donors (Lipinski definition) is 0. The molecule has 2 amide bonds. The summed E-state index contributed by atoms with van der Waals surface area (Å²) in [4.78, 5) is 29.0. The maximum atomic E-state index is 11.8. The van der Waals surface area contributed by atoms with Crippen LogP contribution in [0.4, 0.5) is 4.79 Å². The van der Waals surface area contributed by atoms with E-state index in [1.807, 2.05) is 36.4 Å². The van der Waals surface area contributed by atoms with Crippen LogP contribution in [0.5, 0.6) is 0 Å². The first-order chi connectivity index (χ1) is 9.15. The van der Waals surface area contributed by atoms with E-state index in [-0.39, 0.29) is 16.4 Å². The van der Waals surface area contributed by atoms with E-state index >= 15 is 0 Å². The summed E-state index contributed by atoms with van der Waals surface area (Å²) in [6.07, 6.45) is 0.490. The lowest BCUT2D eigenvalue weighted by Gasteiger charge is -2.07. The van der Waals surface area contributed by atoms with E-state index in [4.69, 9.17) is 0 Å². The van der Waals surface area contributed by atoms with Gasteiger partial charge in [-0.1, -0.05) is 36.0 Å². The highest BCUT2D eigenvalue weighted by atomic mass is 32.2. The number of carbonyl (C=O) groups is 2. The van der Waals surface area contributed by atoms with E-state index in [0.29, 0.717) is 6.42 Å². The van der Waals surface area contributed by atoms with Crippen LogP contribution in [-0.2, 0) is 11.2 Å². The van der Waals surface area contributed by atoms with Crippen molar-refractivity contribution in [1.29, 1.82) is 0 Å². The molecule has 1 aliphatic rings. The maximum absolute atomic E-state index is 11.8. The molecule has 1 atom stereocenters. The van der Waals surface area contributed by atoms with Crippen molar-refractivity contribution >= 4 is 33.8 Å². The van der Waals surface area contributed by atoms with Crippen molar-refractivity contribution in [2.24, 2.45) is 0 Å². The lowest BCUT2D eigenvalue weighted by atomic mass is 10.1. The van der Waals surface area contributed by atoms with E-state index in [1.165, 1.54) is 11.9 Å². The molecular weight excluding hydrogens is 260 g/mol. The lowest BCUT2D eigenvalue weighted by Crippen LogP contribution is -2.28. The zero-order valence-electron chi connectivity index (χ0n) is 10.4. The van der Waals surface area contributed by atoms with Gasteiger partial charge in [-0.15, -0.1) is 0 Å². The van der Waals surface area contributed by atoms with Crippen LogP contribution in [0, 0.1) is 0 Å². The number of benzene rings is 1. The second-order valence-corrected chi connectivity index (χ2v) is 5.62. The third-order valence-corrected chi connectivity index (χ3v) is 4.30. The number of fused-ring (bicyclic) bond motifs is 1. The Bertz CT molecular complexity index is 671. The standard InChI is InChI=1S/C14H12N2O2S/c1-16-13(17)12(19-14(16)18)8-10-7-6-9-4-2-3-5-11(9)15-10/h2-7,12H,8H2,1H3. The van der Waals surface area contributed by atoms with Gasteiger partial charge < -0.3 is 0 Å². The molecule has 1 unspecified atom stereocenters. The molecule has 5 heteroatoms. The number of para-hydroxylation sites is 1. The first-order valence-corrected chi connectivity index (χ1v) is 6.86. The summed E-state index contributed by atoms with van der Waals surface area (Å²) >= 11 is 1.08. The van der Waals surface area contributed by atoms with Gasteiger partial charge in [0.2, 0.25) is 5.91 Å². The number of nitrogens with zero attached hydrogens (tertiary/aromatic N) is 2. The minimum Gasteiger partial charge on any atom is -0.275 e. The molecule has 1 aliphatic heterocycles. The predicted molar refractivity (Wildman–Crippen MR) is 75.0 cm³/mol. The van der Waals surface area contributed by atoms with Gasteiger partial charge in [0.05, 0.1) is 10.8 Å². The molecule has 1 aromatic heterocycles. The molecule has 0 bridgehead atoms. The van der Waals surface area contributed by atoms with Crippen molar-refractivity contribution in [3.05, 3.63) is 42.1 Å². The highest BCUT2D eigenvalue weighted by molar-refractivity contribution is 8.15. The van der Waals surface area contributed by atoms with Crippen LogP contribution in [0.2, 0.25) is 0 Å². The molecule has 1 fully saturated rings. The van der Waals surface area contributed by atoms with E-state index < -0.39 is 0 Å². The van der Waals surface area contributed by atoms with Crippen LogP contribution in [0.15, 0.2) is 36.4 Å². The number of thioether (sulfide) groups is 1. The Morgan fingerprint density at radius 1 is 1.21 bits per heavy atom. The number of imide groups is 1. The summed E-state index contributed by atoms with van der Waals surface area (Å²) < 4.78 is 0. The summed E-state index contributed by atoms with van der Waals surface area (Å²) in [5, 5.41) is 0.548. The van der Waals surface area contributed by atoms with Gasteiger partial charge in [0.25, 0.3) is 5.24 Å². The fourth-order valence-electron chi connectivity index (χ4n) is 2.10. The topological polar surface area (TPSA) is 50.3 Å². The molecule has 1 aromatic carbocycles. The van der Waals surface area contributed by atoms with Crippen molar-refractivity contribution in [3.8, 4) is 0 Å². The van der Waals surface area contributed by atoms with Crippen LogP contribution in [-0.4, -0.2) is 33.3 Å². The van der Waals surface area contributed by atoms with E-state index in [1.54, 1.807) is 0 Å². The Morgan fingerprint density at radius 3 is 2.74 bits per heavy atom. The molecule has 96 valence electrons. The molecule has 1 saturated heterocycles. The summed E-state index contributed by atoms with van der Waals surface area (Å²) in [6, 6.07) is 11.8. The summed E-state index contributed by atoms with van der Waals surface area (Å²) in [6.45, 7) is 0. The molecule has 0 spiro atoms. The van der Waals surface area contributed by atoms with Crippen molar-refractivity contribution in [2.75, 3.05) is 7.05 Å². The van der Waals surface area contributed by atoms with Crippen LogP contribution >= 0.6 is 11.8 Å². The number of pyridine rings is 1. The second-order valence-electron chi connectivity index (χ2n) is 4.47. The summed E-state index contributed by atoms with van der Waals surface area (Å²) in [5.41, 5.74) is 1.75. The third-order valence-electron chi connectivity index (χ3n) is 3.17. The molecule has 0 saturated carbocycles. The second kappa shape index (κ2) is 4.66.